The minimum atomic E-state index is 0.793. The Labute approximate surface area is 104 Å². The van der Waals surface area contributed by atoms with Crippen molar-refractivity contribution in [3.8, 4) is 0 Å². The third-order valence-corrected chi connectivity index (χ3v) is 3.53. The summed E-state index contributed by atoms with van der Waals surface area (Å²) < 4.78 is 0. The summed E-state index contributed by atoms with van der Waals surface area (Å²) in [5.41, 5.74) is 0. The van der Waals surface area contributed by atoms with E-state index < -0.39 is 0 Å². The Morgan fingerprint density at radius 2 is 1.38 bits per heavy atom. The van der Waals surface area contributed by atoms with Gasteiger partial charge in [-0.2, -0.15) is 0 Å². The number of nitrogens with zero attached hydrogens (tertiary/aromatic N) is 1. The molecule has 0 saturated heterocycles. The monoisotopic (exact) mass is 227 g/mol. The van der Waals surface area contributed by atoms with Crippen molar-refractivity contribution in [1.29, 1.82) is 0 Å². The zero-order chi connectivity index (χ0) is 12.6. The van der Waals surface area contributed by atoms with Crippen molar-refractivity contribution in [2.24, 2.45) is 17.8 Å². The molecule has 16 heavy (non-hydrogen) atoms. The first-order chi connectivity index (χ1) is 7.49. The van der Waals surface area contributed by atoms with Gasteiger partial charge < -0.3 is 4.90 Å². The van der Waals surface area contributed by atoms with E-state index in [2.05, 4.69) is 46.4 Å². The van der Waals surface area contributed by atoms with Crippen LogP contribution in [-0.2, 0) is 0 Å². The highest BCUT2D eigenvalue weighted by atomic mass is 15.1. The highest BCUT2D eigenvalue weighted by molar-refractivity contribution is 4.65. The Bertz CT molecular complexity index is 154. The second kappa shape index (κ2) is 9.04. The van der Waals surface area contributed by atoms with E-state index in [4.69, 9.17) is 0 Å². The zero-order valence-corrected chi connectivity index (χ0v) is 12.4. The van der Waals surface area contributed by atoms with Crippen LogP contribution in [0.3, 0.4) is 0 Å². The molecule has 0 rings (SSSR count). The van der Waals surface area contributed by atoms with E-state index in [0.29, 0.717) is 0 Å². The van der Waals surface area contributed by atoms with Crippen LogP contribution in [0.1, 0.15) is 60.8 Å². The Balaban J connectivity index is 3.99. The predicted molar refractivity (Wildman–Crippen MR) is 74.8 cm³/mol. The van der Waals surface area contributed by atoms with Crippen LogP contribution in [0.2, 0.25) is 0 Å². The van der Waals surface area contributed by atoms with Gasteiger partial charge in [-0.05, 0) is 30.7 Å². The molecule has 0 N–H and O–H groups in total. The Hall–Kier alpha value is -0.0400. The van der Waals surface area contributed by atoms with Crippen LogP contribution in [0.4, 0.5) is 0 Å². The number of hydrogen-bond acceptors (Lipinski definition) is 1. The summed E-state index contributed by atoms with van der Waals surface area (Å²) in [6, 6.07) is 0. The molecule has 0 heterocycles. The minimum Gasteiger partial charge on any atom is -0.303 e. The van der Waals surface area contributed by atoms with E-state index in [1.54, 1.807) is 0 Å². The maximum atomic E-state index is 2.67. The third-order valence-electron chi connectivity index (χ3n) is 3.53. The highest BCUT2D eigenvalue weighted by Gasteiger charge is 2.11. The molecule has 0 aliphatic heterocycles. The quantitative estimate of drug-likeness (QED) is 0.563. The van der Waals surface area contributed by atoms with Gasteiger partial charge in [0.25, 0.3) is 0 Å². The predicted octanol–water partition coefficient (Wildman–Crippen LogP) is 4.43. The molecule has 0 bridgehead atoms. The molecule has 98 valence electrons. The van der Waals surface area contributed by atoms with Gasteiger partial charge in [0.05, 0.1) is 0 Å². The summed E-state index contributed by atoms with van der Waals surface area (Å²) in [7, 11) is 0. The van der Waals surface area contributed by atoms with Crippen molar-refractivity contribution in [3.05, 3.63) is 0 Å². The first kappa shape index (κ1) is 16.0. The molecule has 1 nitrogen and oxygen atoms in total. The maximum Gasteiger partial charge on any atom is 0.000703 e. The third kappa shape index (κ3) is 8.15. The number of hydrogen-bond donors (Lipinski definition) is 0. The second-order valence-electron chi connectivity index (χ2n) is 5.97. The molecule has 0 spiro atoms. The molecule has 1 heteroatoms. The van der Waals surface area contributed by atoms with Crippen molar-refractivity contribution < 1.29 is 0 Å². The summed E-state index contributed by atoms with van der Waals surface area (Å²) in [5, 5.41) is 0. The van der Waals surface area contributed by atoms with Crippen molar-refractivity contribution in [1.82, 2.24) is 4.90 Å². The lowest BCUT2D eigenvalue weighted by atomic mass is 10.0. The lowest BCUT2D eigenvalue weighted by Crippen LogP contribution is -2.33. The standard InChI is InChI=1S/C15H33N/c1-7-14(5)9-10-16(11-13(3)4)12-15(6)8-2/h13-15H,7-12H2,1-6H3/t14?,15-/m1/s1. The van der Waals surface area contributed by atoms with Gasteiger partial charge in [-0.25, -0.2) is 0 Å². The summed E-state index contributed by atoms with van der Waals surface area (Å²) in [4.78, 5) is 2.67. The SMILES string of the molecule is CCC(C)CCN(CC(C)C)C[C@H](C)CC. The second-order valence-corrected chi connectivity index (χ2v) is 5.97. The summed E-state index contributed by atoms with van der Waals surface area (Å²) in [5.74, 6) is 2.52. The van der Waals surface area contributed by atoms with Gasteiger partial charge in [0.1, 0.15) is 0 Å². The minimum absolute atomic E-state index is 0.793. The Morgan fingerprint density at radius 3 is 1.81 bits per heavy atom. The zero-order valence-electron chi connectivity index (χ0n) is 12.4. The molecule has 0 aliphatic carbocycles. The Morgan fingerprint density at radius 1 is 0.812 bits per heavy atom. The lowest BCUT2D eigenvalue weighted by Gasteiger charge is -2.28. The molecular formula is C15H33N. The molecule has 1 unspecified atom stereocenters. The molecule has 0 saturated carbocycles. The molecule has 2 atom stereocenters. The normalized spacial score (nSPS) is 15.8. The smallest absolute Gasteiger partial charge is 0.000703 e. The topological polar surface area (TPSA) is 3.24 Å². The fourth-order valence-electron chi connectivity index (χ4n) is 1.95. The van der Waals surface area contributed by atoms with Gasteiger partial charge in [0.15, 0.2) is 0 Å². The lowest BCUT2D eigenvalue weighted by molar-refractivity contribution is 0.199. The van der Waals surface area contributed by atoms with Gasteiger partial charge in [0.2, 0.25) is 0 Å². The first-order valence-electron chi connectivity index (χ1n) is 7.21. The molecule has 0 aromatic carbocycles. The van der Waals surface area contributed by atoms with Gasteiger partial charge in [-0.1, -0.05) is 54.4 Å². The van der Waals surface area contributed by atoms with E-state index >= 15 is 0 Å². The van der Waals surface area contributed by atoms with Crippen LogP contribution in [0.25, 0.3) is 0 Å². The van der Waals surface area contributed by atoms with Crippen molar-refractivity contribution in [2.75, 3.05) is 19.6 Å². The fraction of sp³-hybridized carbons (Fsp3) is 1.00. The molecule has 0 aromatic rings. The average Bonchev–Trinajstić information content (AvgIpc) is 2.24. The van der Waals surface area contributed by atoms with Crippen molar-refractivity contribution >= 4 is 0 Å². The molecule has 0 aromatic heterocycles. The van der Waals surface area contributed by atoms with E-state index in [1.807, 2.05) is 0 Å². The molecular weight excluding hydrogens is 194 g/mol. The van der Waals surface area contributed by atoms with E-state index in [0.717, 1.165) is 17.8 Å². The van der Waals surface area contributed by atoms with Crippen molar-refractivity contribution in [2.45, 2.75) is 60.8 Å². The van der Waals surface area contributed by atoms with Gasteiger partial charge in [0, 0.05) is 13.1 Å². The van der Waals surface area contributed by atoms with E-state index in [9.17, 15) is 0 Å². The molecule has 0 fully saturated rings. The Kier molecular flexibility index (Phi) is 9.02. The molecule has 0 amide bonds. The highest BCUT2D eigenvalue weighted by Crippen LogP contribution is 2.12. The van der Waals surface area contributed by atoms with Gasteiger partial charge >= 0.3 is 0 Å². The van der Waals surface area contributed by atoms with Gasteiger partial charge in [-0.3, -0.25) is 0 Å². The van der Waals surface area contributed by atoms with Gasteiger partial charge in [-0.15, -0.1) is 0 Å². The fourth-order valence-corrected chi connectivity index (χ4v) is 1.95. The average molecular weight is 227 g/mol. The van der Waals surface area contributed by atoms with Crippen LogP contribution in [-0.4, -0.2) is 24.5 Å². The van der Waals surface area contributed by atoms with Crippen LogP contribution in [0, 0.1) is 17.8 Å². The van der Waals surface area contributed by atoms with E-state index in [-0.39, 0.29) is 0 Å². The summed E-state index contributed by atoms with van der Waals surface area (Å²) in [6.45, 7) is 17.8. The van der Waals surface area contributed by atoms with Crippen LogP contribution in [0.5, 0.6) is 0 Å². The largest absolute Gasteiger partial charge is 0.303 e. The molecule has 0 radical (unpaired) electrons. The van der Waals surface area contributed by atoms with E-state index in [1.165, 1.54) is 38.9 Å². The van der Waals surface area contributed by atoms with Crippen LogP contribution in [0.15, 0.2) is 0 Å². The summed E-state index contributed by atoms with van der Waals surface area (Å²) in [6.07, 6.45) is 3.98. The van der Waals surface area contributed by atoms with Crippen LogP contribution < -0.4 is 0 Å². The number of rotatable bonds is 9. The van der Waals surface area contributed by atoms with Crippen LogP contribution >= 0.6 is 0 Å². The van der Waals surface area contributed by atoms with Crippen molar-refractivity contribution in [3.63, 3.8) is 0 Å². The summed E-state index contributed by atoms with van der Waals surface area (Å²) >= 11 is 0. The first-order valence-corrected chi connectivity index (χ1v) is 7.21. The molecule has 0 aliphatic rings. The maximum absolute atomic E-state index is 2.67.